The van der Waals surface area contributed by atoms with E-state index in [1.54, 1.807) is 26.4 Å². The van der Waals surface area contributed by atoms with E-state index in [0.717, 1.165) is 27.6 Å². The molecule has 4 rings (SSSR count). The summed E-state index contributed by atoms with van der Waals surface area (Å²) in [4.78, 5) is 16.9. The second-order valence-corrected chi connectivity index (χ2v) is 7.36. The van der Waals surface area contributed by atoms with Crippen LogP contribution in [-0.4, -0.2) is 25.1 Å². The van der Waals surface area contributed by atoms with Gasteiger partial charge < -0.3 is 9.47 Å². The van der Waals surface area contributed by atoms with Crippen molar-refractivity contribution >= 4 is 39.2 Å². The Morgan fingerprint density at radius 3 is 2.63 bits per heavy atom. The Kier molecular flexibility index (Phi) is 5.77. The van der Waals surface area contributed by atoms with Crippen molar-refractivity contribution in [1.29, 1.82) is 0 Å². The second kappa shape index (κ2) is 8.80. The number of amides is 1. The summed E-state index contributed by atoms with van der Waals surface area (Å²) in [6, 6.07) is 19.8. The normalized spacial score (nSPS) is 11.0. The lowest BCUT2D eigenvalue weighted by Crippen LogP contribution is -2.07. The summed E-state index contributed by atoms with van der Waals surface area (Å²) >= 11 is 1.40. The minimum absolute atomic E-state index is 0.247. The molecule has 0 saturated heterocycles. The minimum Gasteiger partial charge on any atom is -0.493 e. The number of anilines is 1. The Balaban J connectivity index is 1.48. The summed E-state index contributed by atoms with van der Waals surface area (Å²) in [6.45, 7) is 0. The molecule has 0 unspecified atom stereocenters. The molecule has 0 atom stereocenters. The third kappa shape index (κ3) is 4.18. The van der Waals surface area contributed by atoms with Crippen molar-refractivity contribution in [2.45, 2.75) is 0 Å². The van der Waals surface area contributed by atoms with Gasteiger partial charge in [-0.2, -0.15) is 0 Å². The van der Waals surface area contributed by atoms with Gasteiger partial charge in [0.25, 0.3) is 0 Å². The average molecular weight is 417 g/mol. The Morgan fingerprint density at radius 2 is 1.80 bits per heavy atom. The highest BCUT2D eigenvalue weighted by molar-refractivity contribution is 7.14. The van der Waals surface area contributed by atoms with Crippen LogP contribution < -0.4 is 14.8 Å². The molecule has 1 heterocycles. The van der Waals surface area contributed by atoms with E-state index in [0.29, 0.717) is 16.6 Å². The largest absolute Gasteiger partial charge is 0.493 e. The number of rotatable bonds is 6. The first-order valence-electron chi connectivity index (χ1n) is 9.32. The number of benzene rings is 3. The fourth-order valence-electron chi connectivity index (χ4n) is 3.18. The van der Waals surface area contributed by atoms with Gasteiger partial charge in [0.05, 0.1) is 19.9 Å². The molecular formula is C24H20N2O3S. The van der Waals surface area contributed by atoms with Crippen molar-refractivity contribution in [2.75, 3.05) is 19.5 Å². The highest BCUT2D eigenvalue weighted by Crippen LogP contribution is 2.31. The Bertz CT molecular complexity index is 1220. The molecule has 1 aromatic heterocycles. The van der Waals surface area contributed by atoms with Crippen LogP contribution >= 0.6 is 11.3 Å². The maximum absolute atomic E-state index is 12.3. The van der Waals surface area contributed by atoms with E-state index in [9.17, 15) is 4.79 Å². The predicted octanol–water partition coefficient (Wildman–Crippen LogP) is 5.63. The van der Waals surface area contributed by atoms with Crippen molar-refractivity contribution in [3.05, 3.63) is 77.7 Å². The third-order valence-corrected chi connectivity index (χ3v) is 5.39. The van der Waals surface area contributed by atoms with Crippen LogP contribution in [-0.2, 0) is 4.79 Å². The molecule has 0 saturated carbocycles. The summed E-state index contributed by atoms with van der Waals surface area (Å²) in [6.07, 6.45) is 3.19. The molecule has 0 bridgehead atoms. The van der Waals surface area contributed by atoms with Gasteiger partial charge in [-0.25, -0.2) is 4.98 Å². The average Bonchev–Trinajstić information content (AvgIpc) is 3.25. The number of aromatic nitrogens is 1. The summed E-state index contributed by atoms with van der Waals surface area (Å²) in [7, 11) is 3.16. The summed E-state index contributed by atoms with van der Waals surface area (Å²) in [5.74, 6) is 1.01. The molecule has 0 radical (unpaired) electrons. The van der Waals surface area contributed by atoms with E-state index in [1.165, 1.54) is 17.4 Å². The van der Waals surface area contributed by atoms with Crippen LogP contribution in [0.2, 0.25) is 0 Å². The minimum atomic E-state index is -0.247. The molecule has 0 aliphatic carbocycles. The van der Waals surface area contributed by atoms with Crippen LogP contribution in [0.5, 0.6) is 11.5 Å². The van der Waals surface area contributed by atoms with Crippen LogP contribution in [0.3, 0.4) is 0 Å². The molecule has 3 aromatic carbocycles. The number of hydrogen-bond donors (Lipinski definition) is 1. The van der Waals surface area contributed by atoms with Gasteiger partial charge in [-0.3, -0.25) is 10.1 Å². The number of ether oxygens (including phenoxy) is 2. The molecule has 30 heavy (non-hydrogen) atoms. The van der Waals surface area contributed by atoms with Crippen molar-refractivity contribution in [3.63, 3.8) is 0 Å². The number of fused-ring (bicyclic) bond motifs is 1. The molecule has 150 valence electrons. The molecule has 6 heteroatoms. The van der Waals surface area contributed by atoms with Crippen molar-refractivity contribution in [3.8, 4) is 22.8 Å². The quantitative estimate of drug-likeness (QED) is 0.414. The van der Waals surface area contributed by atoms with Crippen LogP contribution in [0.25, 0.3) is 28.1 Å². The molecule has 0 aliphatic rings. The van der Waals surface area contributed by atoms with Gasteiger partial charge in [0.1, 0.15) is 0 Å². The molecule has 5 nitrogen and oxygen atoms in total. The number of methoxy groups -OCH3 is 2. The van der Waals surface area contributed by atoms with Gasteiger partial charge in [-0.15, -0.1) is 11.3 Å². The first-order chi connectivity index (χ1) is 14.7. The highest BCUT2D eigenvalue weighted by Gasteiger charge is 2.09. The zero-order valence-corrected chi connectivity index (χ0v) is 17.4. The number of nitrogens with one attached hydrogen (secondary N) is 1. The zero-order chi connectivity index (χ0) is 20.9. The van der Waals surface area contributed by atoms with Crippen molar-refractivity contribution < 1.29 is 14.3 Å². The third-order valence-electron chi connectivity index (χ3n) is 4.63. The Hall–Kier alpha value is -3.64. The topological polar surface area (TPSA) is 60.5 Å². The van der Waals surface area contributed by atoms with Crippen LogP contribution in [0, 0.1) is 0 Å². The molecule has 1 N–H and O–H groups in total. The lowest BCUT2D eigenvalue weighted by atomic mass is 10.0. The van der Waals surface area contributed by atoms with Gasteiger partial charge in [0.2, 0.25) is 5.91 Å². The summed E-state index contributed by atoms with van der Waals surface area (Å²) in [5.41, 5.74) is 2.72. The molecule has 0 fully saturated rings. The standard InChI is InChI=1S/C24H20N2O3S/c1-28-21-12-10-16(14-22(21)29-2)11-13-23(27)26-24-25-20(15-30-24)19-9-5-7-17-6-3-4-8-18(17)19/h3-15H,1-2H3,(H,25,26,27). The first-order valence-corrected chi connectivity index (χ1v) is 10.2. The first kappa shape index (κ1) is 19.7. The number of carbonyl (C=O) groups is 1. The van der Waals surface area contributed by atoms with E-state index in [1.807, 2.05) is 41.8 Å². The maximum Gasteiger partial charge on any atom is 0.250 e. The number of thiazole rings is 1. The summed E-state index contributed by atoms with van der Waals surface area (Å²) in [5, 5.41) is 7.63. The molecule has 0 spiro atoms. The van der Waals surface area contributed by atoms with E-state index in [2.05, 4.69) is 28.5 Å². The second-order valence-electron chi connectivity index (χ2n) is 6.50. The van der Waals surface area contributed by atoms with Gasteiger partial charge in [-0.1, -0.05) is 48.5 Å². The summed E-state index contributed by atoms with van der Waals surface area (Å²) < 4.78 is 10.5. The van der Waals surface area contributed by atoms with Gasteiger partial charge in [-0.05, 0) is 34.5 Å². The van der Waals surface area contributed by atoms with Crippen LogP contribution in [0.15, 0.2) is 72.1 Å². The SMILES string of the molecule is COc1ccc(C=CC(=O)Nc2nc(-c3cccc4ccccc34)cs2)cc1OC. The van der Waals surface area contributed by atoms with Gasteiger partial charge in [0, 0.05) is 17.0 Å². The fraction of sp³-hybridized carbons (Fsp3) is 0.0833. The van der Waals surface area contributed by atoms with Crippen LogP contribution in [0.4, 0.5) is 5.13 Å². The number of carbonyl (C=O) groups excluding carboxylic acids is 1. The lowest BCUT2D eigenvalue weighted by Gasteiger charge is -2.07. The van der Waals surface area contributed by atoms with E-state index in [-0.39, 0.29) is 5.91 Å². The van der Waals surface area contributed by atoms with Gasteiger partial charge >= 0.3 is 0 Å². The van der Waals surface area contributed by atoms with E-state index in [4.69, 9.17) is 9.47 Å². The zero-order valence-electron chi connectivity index (χ0n) is 16.6. The smallest absolute Gasteiger partial charge is 0.250 e. The number of hydrogen-bond acceptors (Lipinski definition) is 5. The Morgan fingerprint density at radius 1 is 1.00 bits per heavy atom. The molecule has 1 amide bonds. The molecule has 0 aliphatic heterocycles. The van der Waals surface area contributed by atoms with E-state index >= 15 is 0 Å². The highest BCUT2D eigenvalue weighted by atomic mass is 32.1. The van der Waals surface area contributed by atoms with Gasteiger partial charge in [0.15, 0.2) is 16.6 Å². The monoisotopic (exact) mass is 416 g/mol. The molecule has 4 aromatic rings. The predicted molar refractivity (Wildman–Crippen MR) is 122 cm³/mol. The van der Waals surface area contributed by atoms with Crippen molar-refractivity contribution in [2.24, 2.45) is 0 Å². The lowest BCUT2D eigenvalue weighted by molar-refractivity contribution is -0.111. The number of nitrogens with zero attached hydrogens (tertiary/aromatic N) is 1. The van der Waals surface area contributed by atoms with E-state index < -0.39 is 0 Å². The van der Waals surface area contributed by atoms with Crippen LogP contribution in [0.1, 0.15) is 5.56 Å². The van der Waals surface area contributed by atoms with Crippen molar-refractivity contribution in [1.82, 2.24) is 4.98 Å². The molecular weight excluding hydrogens is 396 g/mol. The fourth-order valence-corrected chi connectivity index (χ4v) is 3.89. The maximum atomic E-state index is 12.3. The Labute approximate surface area is 178 Å².